The van der Waals surface area contributed by atoms with E-state index in [1.165, 1.54) is 19.4 Å². The van der Waals surface area contributed by atoms with Crippen molar-refractivity contribution in [2.45, 2.75) is 31.7 Å². The molecule has 0 spiro atoms. The summed E-state index contributed by atoms with van der Waals surface area (Å²) in [7, 11) is 4.08. The van der Waals surface area contributed by atoms with E-state index >= 15 is 0 Å². The molecule has 1 fully saturated rings. The molecule has 15 heavy (non-hydrogen) atoms. The van der Waals surface area contributed by atoms with E-state index in [0.717, 1.165) is 26.1 Å². The molecule has 0 radical (unpaired) electrons. The van der Waals surface area contributed by atoms with E-state index in [1.54, 1.807) is 0 Å². The van der Waals surface area contributed by atoms with Crippen LogP contribution < -0.4 is 11.2 Å². The summed E-state index contributed by atoms with van der Waals surface area (Å²) in [5.41, 5.74) is 9.56. The number of nitrogens with two attached hydrogens (primary N) is 1. The minimum absolute atomic E-state index is 0.118. The van der Waals surface area contributed by atoms with Crippen molar-refractivity contribution in [3.63, 3.8) is 0 Å². The second kappa shape index (κ2) is 5.80. The molecular weight excluding hydrogens is 188 g/mol. The molecule has 1 unspecified atom stereocenters. The molecular formula is C11H26N4. The summed E-state index contributed by atoms with van der Waals surface area (Å²) in [6.07, 6.45) is 3.57. The van der Waals surface area contributed by atoms with Gasteiger partial charge in [0.05, 0.1) is 0 Å². The van der Waals surface area contributed by atoms with Gasteiger partial charge in [-0.3, -0.25) is 5.01 Å². The Bertz CT molecular complexity index is 183. The van der Waals surface area contributed by atoms with Crippen molar-refractivity contribution in [3.8, 4) is 0 Å². The third-order valence-electron chi connectivity index (χ3n) is 3.33. The van der Waals surface area contributed by atoms with Gasteiger partial charge in [-0.05, 0) is 38.9 Å². The van der Waals surface area contributed by atoms with Crippen LogP contribution in [0, 0.1) is 0 Å². The van der Waals surface area contributed by atoms with Gasteiger partial charge in [-0.25, -0.2) is 5.43 Å². The molecule has 0 bridgehead atoms. The van der Waals surface area contributed by atoms with Crippen LogP contribution in [0.4, 0.5) is 0 Å². The first-order valence-corrected chi connectivity index (χ1v) is 5.99. The van der Waals surface area contributed by atoms with E-state index in [0.29, 0.717) is 0 Å². The van der Waals surface area contributed by atoms with E-state index < -0.39 is 0 Å². The number of hydrogen-bond acceptors (Lipinski definition) is 4. The molecule has 3 N–H and O–H groups in total. The van der Waals surface area contributed by atoms with E-state index in [4.69, 9.17) is 5.73 Å². The largest absolute Gasteiger partial charge is 0.329 e. The first-order valence-electron chi connectivity index (χ1n) is 5.99. The van der Waals surface area contributed by atoms with Crippen LogP contribution in [-0.2, 0) is 0 Å². The Kier molecular flexibility index (Phi) is 4.99. The van der Waals surface area contributed by atoms with Gasteiger partial charge >= 0.3 is 0 Å². The Hall–Kier alpha value is -0.160. The van der Waals surface area contributed by atoms with Gasteiger partial charge in [0.25, 0.3) is 0 Å². The van der Waals surface area contributed by atoms with Crippen LogP contribution in [0.2, 0.25) is 0 Å². The van der Waals surface area contributed by atoms with Crippen LogP contribution in [0.25, 0.3) is 0 Å². The SMILES string of the molecule is CCN1CCCC(CN)(NN(C)C)CC1. The summed E-state index contributed by atoms with van der Waals surface area (Å²) in [6.45, 7) is 6.49. The molecule has 1 heterocycles. The zero-order valence-electron chi connectivity index (χ0n) is 10.4. The minimum Gasteiger partial charge on any atom is -0.329 e. The molecule has 1 aliphatic heterocycles. The van der Waals surface area contributed by atoms with Crippen molar-refractivity contribution >= 4 is 0 Å². The van der Waals surface area contributed by atoms with Gasteiger partial charge in [0, 0.05) is 26.2 Å². The summed E-state index contributed by atoms with van der Waals surface area (Å²) in [4.78, 5) is 2.51. The molecule has 1 aliphatic rings. The quantitative estimate of drug-likeness (QED) is 0.659. The van der Waals surface area contributed by atoms with Crippen molar-refractivity contribution in [1.29, 1.82) is 0 Å². The van der Waals surface area contributed by atoms with E-state index in [9.17, 15) is 0 Å². The Balaban J connectivity index is 2.57. The average molecular weight is 214 g/mol. The first kappa shape index (κ1) is 12.9. The fourth-order valence-corrected chi connectivity index (χ4v) is 2.40. The molecule has 1 saturated heterocycles. The van der Waals surface area contributed by atoms with Crippen molar-refractivity contribution in [2.75, 3.05) is 40.3 Å². The van der Waals surface area contributed by atoms with Crippen LogP contribution >= 0.6 is 0 Å². The summed E-state index contributed by atoms with van der Waals surface area (Å²) in [6, 6.07) is 0. The molecule has 0 amide bonds. The highest BCUT2D eigenvalue weighted by Crippen LogP contribution is 2.21. The zero-order valence-corrected chi connectivity index (χ0v) is 10.4. The van der Waals surface area contributed by atoms with Crippen LogP contribution in [-0.4, -0.2) is 55.7 Å². The molecule has 0 aromatic carbocycles. The topological polar surface area (TPSA) is 44.5 Å². The molecule has 4 heteroatoms. The monoisotopic (exact) mass is 214 g/mol. The number of hydrogen-bond donors (Lipinski definition) is 2. The van der Waals surface area contributed by atoms with Gasteiger partial charge in [0.2, 0.25) is 0 Å². The van der Waals surface area contributed by atoms with Crippen molar-refractivity contribution in [2.24, 2.45) is 5.73 Å². The maximum absolute atomic E-state index is 5.94. The van der Waals surface area contributed by atoms with E-state index in [2.05, 4.69) is 17.2 Å². The lowest BCUT2D eigenvalue weighted by atomic mass is 9.91. The maximum Gasteiger partial charge on any atom is 0.0460 e. The van der Waals surface area contributed by atoms with Crippen LogP contribution in [0.3, 0.4) is 0 Å². The molecule has 90 valence electrons. The van der Waals surface area contributed by atoms with Gasteiger partial charge in [-0.1, -0.05) is 6.92 Å². The second-order valence-electron chi connectivity index (χ2n) is 4.78. The zero-order chi connectivity index (χ0) is 11.3. The summed E-state index contributed by atoms with van der Waals surface area (Å²) in [5.74, 6) is 0. The van der Waals surface area contributed by atoms with Crippen LogP contribution in [0.5, 0.6) is 0 Å². The third-order valence-corrected chi connectivity index (χ3v) is 3.33. The Morgan fingerprint density at radius 1 is 1.33 bits per heavy atom. The maximum atomic E-state index is 5.94. The predicted octanol–water partition coefficient (Wildman–Crippen LogP) is 0.256. The van der Waals surface area contributed by atoms with Crippen LogP contribution in [0.1, 0.15) is 26.2 Å². The van der Waals surface area contributed by atoms with Gasteiger partial charge in [-0.2, -0.15) is 0 Å². The first-order chi connectivity index (χ1) is 7.12. The number of rotatable bonds is 4. The Morgan fingerprint density at radius 3 is 2.60 bits per heavy atom. The fraction of sp³-hybridized carbons (Fsp3) is 1.00. The molecule has 0 saturated carbocycles. The highest BCUT2D eigenvalue weighted by Gasteiger charge is 2.31. The van der Waals surface area contributed by atoms with Crippen molar-refractivity contribution in [3.05, 3.63) is 0 Å². The highest BCUT2D eigenvalue weighted by molar-refractivity contribution is 4.91. The molecule has 0 aromatic heterocycles. The van der Waals surface area contributed by atoms with E-state index in [-0.39, 0.29) is 5.54 Å². The Labute approximate surface area is 93.8 Å². The van der Waals surface area contributed by atoms with Gasteiger partial charge in [0.15, 0.2) is 0 Å². The number of nitrogens with one attached hydrogen (secondary N) is 1. The average Bonchev–Trinajstić information content (AvgIpc) is 2.40. The number of hydrazine groups is 1. The summed E-state index contributed by atoms with van der Waals surface area (Å²) in [5, 5.41) is 2.04. The highest BCUT2D eigenvalue weighted by atomic mass is 15.5. The lowest BCUT2D eigenvalue weighted by molar-refractivity contribution is 0.145. The second-order valence-corrected chi connectivity index (χ2v) is 4.78. The summed E-state index contributed by atoms with van der Waals surface area (Å²) < 4.78 is 0. The molecule has 0 aliphatic carbocycles. The van der Waals surface area contributed by atoms with Crippen molar-refractivity contribution in [1.82, 2.24) is 15.3 Å². The van der Waals surface area contributed by atoms with E-state index in [1.807, 2.05) is 19.1 Å². The lowest BCUT2D eigenvalue weighted by Crippen LogP contribution is -2.56. The summed E-state index contributed by atoms with van der Waals surface area (Å²) >= 11 is 0. The predicted molar refractivity (Wildman–Crippen MR) is 64.6 cm³/mol. The standard InChI is InChI=1S/C11H26N4/c1-4-15-8-5-6-11(10-12,7-9-15)13-14(2)3/h13H,4-10,12H2,1-3H3. The van der Waals surface area contributed by atoms with Gasteiger partial charge in [0.1, 0.15) is 0 Å². The number of likely N-dealkylation sites (tertiary alicyclic amines) is 1. The normalized spacial score (nSPS) is 29.4. The molecule has 0 aromatic rings. The molecule has 1 atom stereocenters. The molecule has 4 nitrogen and oxygen atoms in total. The van der Waals surface area contributed by atoms with Gasteiger partial charge < -0.3 is 10.6 Å². The molecule has 1 rings (SSSR count). The lowest BCUT2D eigenvalue weighted by Gasteiger charge is -2.35. The van der Waals surface area contributed by atoms with Gasteiger partial charge in [-0.15, -0.1) is 0 Å². The fourth-order valence-electron chi connectivity index (χ4n) is 2.40. The Morgan fingerprint density at radius 2 is 2.07 bits per heavy atom. The smallest absolute Gasteiger partial charge is 0.0460 e. The number of nitrogens with zero attached hydrogens (tertiary/aromatic N) is 2. The van der Waals surface area contributed by atoms with Crippen molar-refractivity contribution < 1.29 is 0 Å². The third kappa shape index (κ3) is 3.72. The van der Waals surface area contributed by atoms with Crippen LogP contribution in [0.15, 0.2) is 0 Å². The minimum atomic E-state index is 0.118.